The van der Waals surface area contributed by atoms with Crippen LogP contribution in [0.15, 0.2) is 0 Å². The third-order valence-electron chi connectivity index (χ3n) is 3.86. The van der Waals surface area contributed by atoms with Gasteiger partial charge in [0.15, 0.2) is 0 Å². The highest BCUT2D eigenvalue weighted by atomic mass is 16.2. The third-order valence-corrected chi connectivity index (χ3v) is 3.86. The first-order chi connectivity index (χ1) is 8.16. The molecule has 1 saturated carbocycles. The van der Waals surface area contributed by atoms with E-state index in [0.717, 1.165) is 19.4 Å². The molecule has 0 aromatic heterocycles. The minimum absolute atomic E-state index is 0.290. The maximum Gasteiger partial charge on any atom is 0.223 e. The van der Waals surface area contributed by atoms with Gasteiger partial charge in [0.05, 0.1) is 0 Å². The van der Waals surface area contributed by atoms with Gasteiger partial charge in [-0.3, -0.25) is 9.69 Å². The fourth-order valence-electron chi connectivity index (χ4n) is 2.72. The zero-order valence-electron chi connectivity index (χ0n) is 11.2. The van der Waals surface area contributed by atoms with Crippen LogP contribution in [0.3, 0.4) is 0 Å². The molecule has 17 heavy (non-hydrogen) atoms. The van der Waals surface area contributed by atoms with Gasteiger partial charge in [0.1, 0.15) is 0 Å². The Hall–Kier alpha value is -0.570. The van der Waals surface area contributed by atoms with Crippen LogP contribution in [0.25, 0.3) is 0 Å². The standard InChI is InChI=1S/C14H26N2O/c1-11(2)9-13(16-7-3-4-8-16)10-15-14(17)12-5-6-12/h11-13H,3-10H2,1-2H3,(H,15,17). The van der Waals surface area contributed by atoms with Gasteiger partial charge in [-0.1, -0.05) is 13.8 Å². The van der Waals surface area contributed by atoms with Crippen LogP contribution in [-0.4, -0.2) is 36.5 Å². The molecule has 0 spiro atoms. The number of hydrogen-bond acceptors (Lipinski definition) is 2. The van der Waals surface area contributed by atoms with E-state index in [-0.39, 0.29) is 5.91 Å². The molecule has 0 aromatic rings. The third kappa shape index (κ3) is 3.98. The molecule has 2 aliphatic rings. The Morgan fingerprint density at radius 2 is 1.94 bits per heavy atom. The van der Waals surface area contributed by atoms with Crippen LogP contribution >= 0.6 is 0 Å². The van der Waals surface area contributed by atoms with Crippen molar-refractivity contribution in [2.24, 2.45) is 11.8 Å². The van der Waals surface area contributed by atoms with E-state index in [1.165, 1.54) is 32.4 Å². The monoisotopic (exact) mass is 238 g/mol. The van der Waals surface area contributed by atoms with Crippen molar-refractivity contribution in [3.63, 3.8) is 0 Å². The predicted octanol–water partition coefficient (Wildman–Crippen LogP) is 2.02. The summed E-state index contributed by atoms with van der Waals surface area (Å²) >= 11 is 0. The second-order valence-corrected chi connectivity index (χ2v) is 6.05. The van der Waals surface area contributed by atoms with Crippen molar-refractivity contribution in [1.29, 1.82) is 0 Å². The van der Waals surface area contributed by atoms with E-state index in [9.17, 15) is 4.79 Å². The van der Waals surface area contributed by atoms with Crippen LogP contribution in [-0.2, 0) is 4.79 Å². The summed E-state index contributed by atoms with van der Waals surface area (Å²) in [5.74, 6) is 1.34. The van der Waals surface area contributed by atoms with Gasteiger partial charge in [-0.15, -0.1) is 0 Å². The van der Waals surface area contributed by atoms with Crippen LogP contribution in [0.4, 0.5) is 0 Å². The Morgan fingerprint density at radius 3 is 2.47 bits per heavy atom. The molecule has 98 valence electrons. The summed E-state index contributed by atoms with van der Waals surface area (Å²) in [7, 11) is 0. The number of likely N-dealkylation sites (tertiary alicyclic amines) is 1. The average Bonchev–Trinajstić information content (AvgIpc) is 2.99. The van der Waals surface area contributed by atoms with Crippen molar-refractivity contribution >= 4 is 5.91 Å². The van der Waals surface area contributed by atoms with Crippen molar-refractivity contribution in [2.45, 2.75) is 52.0 Å². The SMILES string of the molecule is CC(C)CC(CNC(=O)C1CC1)N1CCCC1. The fraction of sp³-hybridized carbons (Fsp3) is 0.929. The van der Waals surface area contributed by atoms with Crippen molar-refractivity contribution in [3.8, 4) is 0 Å². The Balaban J connectivity index is 1.78. The molecule has 1 aliphatic carbocycles. The first-order valence-corrected chi connectivity index (χ1v) is 7.18. The number of hydrogen-bond donors (Lipinski definition) is 1. The zero-order chi connectivity index (χ0) is 12.3. The molecule has 1 N–H and O–H groups in total. The van der Waals surface area contributed by atoms with E-state index in [4.69, 9.17) is 0 Å². The van der Waals surface area contributed by atoms with Crippen LogP contribution in [0, 0.1) is 11.8 Å². The summed E-state index contributed by atoms with van der Waals surface area (Å²) in [6.07, 6.45) is 6.05. The quantitative estimate of drug-likeness (QED) is 0.768. The highest BCUT2D eigenvalue weighted by molar-refractivity contribution is 5.80. The highest BCUT2D eigenvalue weighted by Gasteiger charge is 2.30. The molecule has 1 amide bonds. The number of rotatable bonds is 6. The minimum atomic E-state index is 0.290. The lowest BCUT2D eigenvalue weighted by molar-refractivity contribution is -0.122. The second-order valence-electron chi connectivity index (χ2n) is 6.05. The van der Waals surface area contributed by atoms with Gasteiger partial charge in [0.25, 0.3) is 0 Å². The molecule has 3 nitrogen and oxygen atoms in total. The molecule has 1 unspecified atom stereocenters. The molecular formula is C14H26N2O. The molecule has 1 saturated heterocycles. The van der Waals surface area contributed by atoms with E-state index in [1.807, 2.05) is 0 Å². The largest absolute Gasteiger partial charge is 0.354 e. The molecule has 1 heterocycles. The smallest absolute Gasteiger partial charge is 0.223 e. The van der Waals surface area contributed by atoms with Gasteiger partial charge in [0.2, 0.25) is 5.91 Å². The van der Waals surface area contributed by atoms with E-state index in [2.05, 4.69) is 24.1 Å². The second kappa shape index (κ2) is 5.85. The maximum absolute atomic E-state index is 11.7. The van der Waals surface area contributed by atoms with Crippen molar-refractivity contribution in [1.82, 2.24) is 10.2 Å². The van der Waals surface area contributed by atoms with Crippen molar-refractivity contribution < 1.29 is 4.79 Å². The molecule has 0 aromatic carbocycles. The Bertz CT molecular complexity index is 255. The minimum Gasteiger partial charge on any atom is -0.354 e. The highest BCUT2D eigenvalue weighted by Crippen LogP contribution is 2.28. The van der Waals surface area contributed by atoms with Crippen molar-refractivity contribution in [3.05, 3.63) is 0 Å². The van der Waals surface area contributed by atoms with Crippen LogP contribution in [0.2, 0.25) is 0 Å². The topological polar surface area (TPSA) is 32.3 Å². The number of carbonyl (C=O) groups excluding carboxylic acids is 1. The lowest BCUT2D eigenvalue weighted by Gasteiger charge is -2.29. The van der Waals surface area contributed by atoms with E-state index < -0.39 is 0 Å². The van der Waals surface area contributed by atoms with Gasteiger partial charge < -0.3 is 5.32 Å². The summed E-state index contributed by atoms with van der Waals surface area (Å²) in [5, 5.41) is 3.15. The van der Waals surface area contributed by atoms with Gasteiger partial charge in [-0.2, -0.15) is 0 Å². The average molecular weight is 238 g/mol. The number of amides is 1. The van der Waals surface area contributed by atoms with E-state index >= 15 is 0 Å². The summed E-state index contributed by atoms with van der Waals surface area (Å²) < 4.78 is 0. The first-order valence-electron chi connectivity index (χ1n) is 7.18. The van der Waals surface area contributed by atoms with E-state index in [0.29, 0.717) is 17.9 Å². The van der Waals surface area contributed by atoms with Crippen LogP contribution in [0.5, 0.6) is 0 Å². The summed E-state index contributed by atoms with van der Waals surface area (Å²) in [5.41, 5.74) is 0. The molecule has 2 fully saturated rings. The normalized spacial score (nSPS) is 23.0. The lowest BCUT2D eigenvalue weighted by Crippen LogP contribution is -2.43. The Morgan fingerprint density at radius 1 is 1.29 bits per heavy atom. The molecule has 0 bridgehead atoms. The van der Waals surface area contributed by atoms with E-state index in [1.54, 1.807) is 0 Å². The molecule has 2 rings (SSSR count). The molecule has 3 heteroatoms. The van der Waals surface area contributed by atoms with Crippen molar-refractivity contribution in [2.75, 3.05) is 19.6 Å². The molecule has 1 aliphatic heterocycles. The van der Waals surface area contributed by atoms with Crippen LogP contribution < -0.4 is 5.32 Å². The fourth-order valence-corrected chi connectivity index (χ4v) is 2.72. The van der Waals surface area contributed by atoms with Gasteiger partial charge in [0, 0.05) is 18.5 Å². The number of nitrogens with zero attached hydrogens (tertiary/aromatic N) is 1. The van der Waals surface area contributed by atoms with Gasteiger partial charge >= 0.3 is 0 Å². The number of carbonyl (C=O) groups is 1. The molecular weight excluding hydrogens is 212 g/mol. The lowest BCUT2D eigenvalue weighted by atomic mass is 10.0. The summed E-state index contributed by atoms with van der Waals surface area (Å²) in [6.45, 7) is 7.83. The predicted molar refractivity (Wildman–Crippen MR) is 69.8 cm³/mol. The first kappa shape index (κ1) is 12.9. The molecule has 0 radical (unpaired) electrons. The zero-order valence-corrected chi connectivity index (χ0v) is 11.2. The van der Waals surface area contributed by atoms with Gasteiger partial charge in [-0.05, 0) is 51.1 Å². The Labute approximate surface area is 105 Å². The maximum atomic E-state index is 11.7. The summed E-state index contributed by atoms with van der Waals surface area (Å²) in [4.78, 5) is 14.2. The number of nitrogens with one attached hydrogen (secondary N) is 1. The summed E-state index contributed by atoms with van der Waals surface area (Å²) in [6, 6.07) is 0.556. The van der Waals surface area contributed by atoms with Crippen LogP contribution in [0.1, 0.15) is 46.0 Å². The Kier molecular flexibility index (Phi) is 4.43. The molecule has 1 atom stereocenters. The van der Waals surface area contributed by atoms with Gasteiger partial charge in [-0.25, -0.2) is 0 Å².